The van der Waals surface area contributed by atoms with E-state index in [9.17, 15) is 22.8 Å². The summed E-state index contributed by atoms with van der Waals surface area (Å²) in [5.41, 5.74) is -1.02. The Morgan fingerprint density at radius 1 is 1.15 bits per heavy atom. The minimum atomic E-state index is -4.55. The van der Waals surface area contributed by atoms with Crippen molar-refractivity contribution in [2.45, 2.75) is 13.1 Å². The predicted octanol–water partition coefficient (Wildman–Crippen LogP) is 3.25. The van der Waals surface area contributed by atoms with Gasteiger partial charge in [0.15, 0.2) is 5.76 Å². The Morgan fingerprint density at radius 3 is 2.52 bits per heavy atom. The molecular formula is C17H18F3N3O4. The molecule has 0 atom stereocenters. The summed E-state index contributed by atoms with van der Waals surface area (Å²) in [6.45, 7) is 2.05. The second kappa shape index (κ2) is 8.97. The number of benzene rings is 1. The summed E-state index contributed by atoms with van der Waals surface area (Å²) in [4.78, 5) is 23.5. The molecule has 0 fully saturated rings. The SMILES string of the molecule is CCOc1ccc(C(F)(F)F)cc1NC(=O)NCCNC(=O)c1ccco1. The average Bonchev–Trinajstić information content (AvgIpc) is 3.14. The summed E-state index contributed by atoms with van der Waals surface area (Å²) in [6, 6.07) is 5.12. The molecule has 0 bridgehead atoms. The molecule has 0 aliphatic rings. The van der Waals surface area contributed by atoms with Gasteiger partial charge in [0.25, 0.3) is 5.91 Å². The van der Waals surface area contributed by atoms with Crippen LogP contribution in [0.4, 0.5) is 23.7 Å². The third kappa shape index (κ3) is 5.94. The first kappa shape index (κ1) is 20.1. The maximum atomic E-state index is 12.8. The van der Waals surface area contributed by atoms with Gasteiger partial charge in [-0.15, -0.1) is 0 Å². The highest BCUT2D eigenvalue weighted by Crippen LogP contribution is 2.35. The van der Waals surface area contributed by atoms with E-state index in [0.29, 0.717) is 0 Å². The number of hydrogen-bond acceptors (Lipinski definition) is 4. The van der Waals surface area contributed by atoms with Crippen LogP contribution in [0.2, 0.25) is 0 Å². The number of nitrogens with one attached hydrogen (secondary N) is 3. The number of carbonyl (C=O) groups excluding carboxylic acids is 2. The normalized spacial score (nSPS) is 11.0. The molecule has 27 heavy (non-hydrogen) atoms. The lowest BCUT2D eigenvalue weighted by molar-refractivity contribution is -0.137. The van der Waals surface area contributed by atoms with E-state index in [1.165, 1.54) is 12.3 Å². The molecular weight excluding hydrogens is 367 g/mol. The van der Waals surface area contributed by atoms with Crippen molar-refractivity contribution in [1.29, 1.82) is 0 Å². The summed E-state index contributed by atoms with van der Waals surface area (Å²) in [5, 5.41) is 7.26. The first-order chi connectivity index (χ1) is 12.8. The molecule has 0 saturated carbocycles. The predicted molar refractivity (Wildman–Crippen MR) is 90.7 cm³/mol. The van der Waals surface area contributed by atoms with Crippen LogP contribution in [0.5, 0.6) is 5.75 Å². The van der Waals surface area contributed by atoms with Crippen molar-refractivity contribution in [3.63, 3.8) is 0 Å². The fraction of sp³-hybridized carbons (Fsp3) is 0.294. The van der Waals surface area contributed by atoms with Crippen LogP contribution in [0.3, 0.4) is 0 Å². The van der Waals surface area contributed by atoms with Crippen molar-refractivity contribution < 1.29 is 31.9 Å². The number of amides is 3. The van der Waals surface area contributed by atoms with Gasteiger partial charge in [0.2, 0.25) is 0 Å². The third-order valence-electron chi connectivity index (χ3n) is 3.30. The van der Waals surface area contributed by atoms with E-state index in [1.54, 1.807) is 13.0 Å². The van der Waals surface area contributed by atoms with Crippen molar-refractivity contribution in [2.75, 3.05) is 25.0 Å². The van der Waals surface area contributed by atoms with E-state index >= 15 is 0 Å². The van der Waals surface area contributed by atoms with E-state index in [2.05, 4.69) is 16.0 Å². The van der Waals surface area contributed by atoms with Crippen molar-refractivity contribution in [3.05, 3.63) is 47.9 Å². The highest BCUT2D eigenvalue weighted by molar-refractivity contribution is 5.92. The van der Waals surface area contributed by atoms with Gasteiger partial charge in [-0.1, -0.05) is 0 Å². The lowest BCUT2D eigenvalue weighted by Gasteiger charge is -2.15. The molecule has 0 radical (unpaired) electrons. The molecule has 3 amide bonds. The maximum Gasteiger partial charge on any atom is 0.416 e. The fourth-order valence-corrected chi connectivity index (χ4v) is 2.10. The number of halogens is 3. The lowest BCUT2D eigenvalue weighted by atomic mass is 10.2. The number of rotatable bonds is 7. The number of anilines is 1. The smallest absolute Gasteiger partial charge is 0.416 e. The number of carbonyl (C=O) groups is 2. The topological polar surface area (TPSA) is 92.6 Å². The Balaban J connectivity index is 1.89. The molecule has 1 aromatic heterocycles. The van der Waals surface area contributed by atoms with Crippen molar-refractivity contribution in [3.8, 4) is 5.75 Å². The largest absolute Gasteiger partial charge is 0.492 e. The van der Waals surface area contributed by atoms with Crippen LogP contribution < -0.4 is 20.7 Å². The summed E-state index contributed by atoms with van der Waals surface area (Å²) >= 11 is 0. The molecule has 0 unspecified atom stereocenters. The molecule has 3 N–H and O–H groups in total. The van der Waals surface area contributed by atoms with Crippen molar-refractivity contribution >= 4 is 17.6 Å². The Bertz CT molecular complexity index is 776. The molecule has 0 spiro atoms. The van der Waals surface area contributed by atoms with Crippen molar-refractivity contribution in [1.82, 2.24) is 10.6 Å². The minimum Gasteiger partial charge on any atom is -0.492 e. The summed E-state index contributed by atoms with van der Waals surface area (Å²) in [6.07, 6.45) is -3.20. The van der Waals surface area contributed by atoms with Gasteiger partial charge in [-0.3, -0.25) is 4.79 Å². The van der Waals surface area contributed by atoms with Gasteiger partial charge in [0, 0.05) is 13.1 Å². The van der Waals surface area contributed by atoms with E-state index < -0.39 is 23.7 Å². The van der Waals surface area contributed by atoms with E-state index in [0.717, 1.165) is 18.2 Å². The summed E-state index contributed by atoms with van der Waals surface area (Å²) < 4.78 is 48.7. The van der Waals surface area contributed by atoms with Crippen LogP contribution in [-0.2, 0) is 6.18 Å². The molecule has 0 saturated heterocycles. The summed E-state index contributed by atoms with van der Waals surface area (Å²) in [7, 11) is 0. The molecule has 1 aromatic carbocycles. The second-order valence-corrected chi connectivity index (χ2v) is 5.26. The van der Waals surface area contributed by atoms with Crippen LogP contribution in [0.25, 0.3) is 0 Å². The number of alkyl halides is 3. The second-order valence-electron chi connectivity index (χ2n) is 5.26. The number of furan rings is 1. The van der Waals surface area contributed by atoms with Gasteiger partial charge in [-0.2, -0.15) is 13.2 Å². The molecule has 146 valence electrons. The molecule has 7 nitrogen and oxygen atoms in total. The van der Waals surface area contributed by atoms with Crippen LogP contribution in [0, 0.1) is 0 Å². The van der Waals surface area contributed by atoms with Gasteiger partial charge in [-0.05, 0) is 37.3 Å². The Hall–Kier alpha value is -3.17. The van der Waals surface area contributed by atoms with Gasteiger partial charge >= 0.3 is 12.2 Å². The van der Waals surface area contributed by atoms with Gasteiger partial charge < -0.3 is 25.1 Å². The van der Waals surface area contributed by atoms with Gasteiger partial charge in [0.05, 0.1) is 24.1 Å². The minimum absolute atomic E-state index is 0.0568. The zero-order valence-corrected chi connectivity index (χ0v) is 14.4. The van der Waals surface area contributed by atoms with Crippen LogP contribution in [-0.4, -0.2) is 31.6 Å². The lowest BCUT2D eigenvalue weighted by Crippen LogP contribution is -2.36. The maximum absolute atomic E-state index is 12.8. The van der Waals surface area contributed by atoms with E-state index in [4.69, 9.17) is 9.15 Å². The van der Waals surface area contributed by atoms with E-state index in [1.807, 2.05) is 0 Å². The zero-order valence-electron chi connectivity index (χ0n) is 14.4. The first-order valence-electron chi connectivity index (χ1n) is 8.02. The highest BCUT2D eigenvalue weighted by Gasteiger charge is 2.31. The number of hydrogen-bond donors (Lipinski definition) is 3. The molecule has 2 aromatic rings. The molecule has 10 heteroatoms. The van der Waals surface area contributed by atoms with Crippen LogP contribution in [0.15, 0.2) is 41.0 Å². The quantitative estimate of drug-likeness (QED) is 0.638. The highest BCUT2D eigenvalue weighted by atomic mass is 19.4. The number of ether oxygens (including phenoxy) is 1. The van der Waals surface area contributed by atoms with Gasteiger partial charge in [-0.25, -0.2) is 4.79 Å². The first-order valence-corrected chi connectivity index (χ1v) is 8.02. The van der Waals surface area contributed by atoms with Crippen molar-refractivity contribution in [2.24, 2.45) is 0 Å². The van der Waals surface area contributed by atoms with Crippen LogP contribution in [0.1, 0.15) is 23.0 Å². The van der Waals surface area contributed by atoms with E-state index in [-0.39, 0.29) is 36.9 Å². The zero-order chi connectivity index (χ0) is 19.9. The fourth-order valence-electron chi connectivity index (χ4n) is 2.10. The Morgan fingerprint density at radius 2 is 1.89 bits per heavy atom. The van der Waals surface area contributed by atoms with Gasteiger partial charge in [0.1, 0.15) is 5.75 Å². The standard InChI is InChI=1S/C17H18F3N3O4/c1-2-26-13-6-5-11(17(18,19)20)10-12(13)23-16(25)22-8-7-21-15(24)14-4-3-9-27-14/h3-6,9-10H,2,7-8H2,1H3,(H,21,24)(H2,22,23,25). The van der Waals surface area contributed by atoms with Crippen LogP contribution >= 0.6 is 0 Å². The average molecular weight is 385 g/mol. The molecule has 2 rings (SSSR count). The molecule has 0 aliphatic carbocycles. The monoisotopic (exact) mass is 385 g/mol. The number of urea groups is 1. The third-order valence-corrected chi connectivity index (χ3v) is 3.30. The Kier molecular flexibility index (Phi) is 6.69. The molecule has 0 aliphatic heterocycles. The molecule has 1 heterocycles. The Labute approximate surface area is 152 Å². The summed E-state index contributed by atoms with van der Waals surface area (Å²) in [5.74, 6) is -0.199.